The van der Waals surface area contributed by atoms with Crippen molar-refractivity contribution in [2.45, 2.75) is 45.4 Å². The summed E-state index contributed by atoms with van der Waals surface area (Å²) in [6.45, 7) is 8.48. The van der Waals surface area contributed by atoms with Crippen LogP contribution in [0.2, 0.25) is 0 Å². The van der Waals surface area contributed by atoms with Crippen molar-refractivity contribution < 1.29 is 9.32 Å². The third kappa shape index (κ3) is 6.68. The van der Waals surface area contributed by atoms with Crippen LogP contribution in [-0.2, 0) is 16.6 Å². The fraction of sp³-hybridized carbons (Fsp3) is 0.407. The van der Waals surface area contributed by atoms with E-state index in [2.05, 4.69) is 60.8 Å². The average molecular weight is 468 g/mol. The number of nitrogens with one attached hydrogen (secondary N) is 2. The van der Waals surface area contributed by atoms with Gasteiger partial charge in [0.25, 0.3) is 0 Å². The summed E-state index contributed by atoms with van der Waals surface area (Å²) in [6, 6.07) is 20.2. The highest BCUT2D eigenvalue weighted by molar-refractivity contribution is 5.90. The highest BCUT2D eigenvalue weighted by atomic mass is 35.5. The first-order chi connectivity index (χ1) is 15.4. The Morgan fingerprint density at radius 2 is 1.82 bits per heavy atom. The number of piperidine rings is 1. The molecule has 6 heteroatoms. The lowest BCUT2D eigenvalue weighted by atomic mass is 9.81. The highest BCUT2D eigenvalue weighted by Crippen LogP contribution is 2.30. The first-order valence-electron chi connectivity index (χ1n) is 11.5. The van der Waals surface area contributed by atoms with E-state index in [0.29, 0.717) is 18.3 Å². The minimum atomic E-state index is 0. The van der Waals surface area contributed by atoms with E-state index in [0.717, 1.165) is 48.6 Å². The van der Waals surface area contributed by atoms with Gasteiger partial charge in [-0.2, -0.15) is 0 Å². The molecular formula is C27H34ClN3O2. The number of carbonyl (C=O) groups excluding carboxylic acids is 1. The van der Waals surface area contributed by atoms with Crippen LogP contribution in [0.15, 0.2) is 65.2 Å². The molecule has 1 saturated heterocycles. The van der Waals surface area contributed by atoms with Crippen molar-refractivity contribution in [1.82, 2.24) is 10.5 Å². The van der Waals surface area contributed by atoms with Gasteiger partial charge in [-0.3, -0.25) is 4.79 Å². The molecule has 0 saturated carbocycles. The molecule has 0 bridgehead atoms. The second-order valence-corrected chi connectivity index (χ2v) is 9.85. The summed E-state index contributed by atoms with van der Waals surface area (Å²) in [7, 11) is 0. The van der Waals surface area contributed by atoms with E-state index in [1.807, 2.05) is 36.4 Å². The van der Waals surface area contributed by atoms with E-state index in [1.165, 1.54) is 5.56 Å². The number of hydrogen-bond donors (Lipinski definition) is 2. The summed E-state index contributed by atoms with van der Waals surface area (Å²) < 4.78 is 5.66. The summed E-state index contributed by atoms with van der Waals surface area (Å²) >= 11 is 0. The number of aromatic nitrogens is 1. The first-order valence-corrected chi connectivity index (χ1v) is 11.5. The maximum atomic E-state index is 12.6. The van der Waals surface area contributed by atoms with E-state index in [-0.39, 0.29) is 23.7 Å². The zero-order chi connectivity index (χ0) is 22.6. The van der Waals surface area contributed by atoms with Crippen LogP contribution in [0.1, 0.15) is 44.9 Å². The van der Waals surface area contributed by atoms with Crippen molar-refractivity contribution in [3.05, 3.63) is 71.9 Å². The van der Waals surface area contributed by atoms with Crippen LogP contribution in [0.3, 0.4) is 0 Å². The molecular weight excluding hydrogens is 434 g/mol. The Balaban J connectivity index is 0.00000306. The molecule has 2 heterocycles. The van der Waals surface area contributed by atoms with Gasteiger partial charge < -0.3 is 15.2 Å². The Bertz CT molecular complexity index is 1030. The van der Waals surface area contributed by atoms with Gasteiger partial charge in [0.05, 0.1) is 5.69 Å². The fourth-order valence-electron chi connectivity index (χ4n) is 4.40. The summed E-state index contributed by atoms with van der Waals surface area (Å²) in [4.78, 5) is 12.6. The Kier molecular flexibility index (Phi) is 8.33. The molecule has 176 valence electrons. The van der Waals surface area contributed by atoms with Gasteiger partial charge in [-0.15, -0.1) is 12.4 Å². The quantitative estimate of drug-likeness (QED) is 0.476. The second kappa shape index (κ2) is 11.0. The number of anilines is 1. The van der Waals surface area contributed by atoms with E-state index in [4.69, 9.17) is 4.52 Å². The van der Waals surface area contributed by atoms with E-state index < -0.39 is 0 Å². The molecule has 0 aliphatic carbocycles. The third-order valence-electron chi connectivity index (χ3n) is 6.34. The van der Waals surface area contributed by atoms with Gasteiger partial charge in [0.15, 0.2) is 5.76 Å². The minimum absolute atomic E-state index is 0. The summed E-state index contributed by atoms with van der Waals surface area (Å²) in [6.07, 6.45) is 2.33. The van der Waals surface area contributed by atoms with Crippen molar-refractivity contribution >= 4 is 24.0 Å². The Labute approximate surface area is 202 Å². The van der Waals surface area contributed by atoms with E-state index in [9.17, 15) is 4.79 Å². The normalized spacial score (nSPS) is 18.4. The van der Waals surface area contributed by atoms with Crippen LogP contribution in [0.4, 0.5) is 5.69 Å². The van der Waals surface area contributed by atoms with Gasteiger partial charge in [-0.1, -0.05) is 68.4 Å². The number of halogens is 1. The van der Waals surface area contributed by atoms with Crippen molar-refractivity contribution in [2.24, 2.45) is 11.8 Å². The molecule has 1 aliphatic rings. The van der Waals surface area contributed by atoms with Gasteiger partial charge in [0, 0.05) is 23.7 Å². The standard InChI is InChI=1S/C27H33N3O2.ClH/c1-27(2,3)22-11-9-19(10-12-22)25-17-24(30-32-25)15-21-18-28-14-13-20(21)16-26(31)29-23-7-5-4-6-8-23;/h4-12,17,20-21,28H,13-16,18H2,1-3H3,(H,29,31);1H/t20-,21-;/m0./s1. The van der Waals surface area contributed by atoms with Gasteiger partial charge in [-0.25, -0.2) is 0 Å². The first kappa shape index (κ1) is 25.0. The molecule has 1 aromatic heterocycles. The maximum Gasteiger partial charge on any atom is 0.224 e. The third-order valence-corrected chi connectivity index (χ3v) is 6.34. The van der Waals surface area contributed by atoms with Crippen LogP contribution in [-0.4, -0.2) is 24.2 Å². The number of nitrogens with zero attached hydrogens (tertiary/aromatic N) is 1. The average Bonchev–Trinajstić information content (AvgIpc) is 3.24. The van der Waals surface area contributed by atoms with Gasteiger partial charge in [0.2, 0.25) is 5.91 Å². The molecule has 2 aromatic carbocycles. The van der Waals surface area contributed by atoms with Crippen molar-refractivity contribution in [2.75, 3.05) is 18.4 Å². The molecule has 1 amide bonds. The molecule has 0 radical (unpaired) electrons. The molecule has 4 rings (SSSR count). The topological polar surface area (TPSA) is 67.2 Å². The van der Waals surface area contributed by atoms with Gasteiger partial charge in [0.1, 0.15) is 0 Å². The zero-order valence-corrected chi connectivity index (χ0v) is 20.5. The molecule has 1 aliphatic heterocycles. The number of amides is 1. The van der Waals surface area contributed by atoms with Crippen molar-refractivity contribution in [3.8, 4) is 11.3 Å². The maximum absolute atomic E-state index is 12.6. The lowest BCUT2D eigenvalue weighted by Gasteiger charge is -2.31. The predicted molar refractivity (Wildman–Crippen MR) is 136 cm³/mol. The number of carbonyl (C=O) groups is 1. The van der Waals surface area contributed by atoms with Crippen molar-refractivity contribution in [1.29, 1.82) is 0 Å². The SMILES string of the molecule is CC(C)(C)c1ccc(-c2cc(C[C@H]3CNCC[C@H]3CC(=O)Nc3ccccc3)no2)cc1.Cl. The van der Waals surface area contributed by atoms with Crippen LogP contribution in [0.5, 0.6) is 0 Å². The van der Waals surface area contributed by atoms with Gasteiger partial charge >= 0.3 is 0 Å². The molecule has 1 fully saturated rings. The van der Waals surface area contributed by atoms with E-state index >= 15 is 0 Å². The lowest BCUT2D eigenvalue weighted by molar-refractivity contribution is -0.117. The molecule has 3 aromatic rings. The predicted octanol–water partition coefficient (Wildman–Crippen LogP) is 5.86. The fourth-order valence-corrected chi connectivity index (χ4v) is 4.40. The largest absolute Gasteiger partial charge is 0.356 e. The molecule has 0 spiro atoms. The molecule has 33 heavy (non-hydrogen) atoms. The van der Waals surface area contributed by atoms with Crippen molar-refractivity contribution in [3.63, 3.8) is 0 Å². The Hall–Kier alpha value is -2.63. The van der Waals surface area contributed by atoms with Crippen LogP contribution < -0.4 is 10.6 Å². The Morgan fingerprint density at radius 3 is 2.52 bits per heavy atom. The second-order valence-electron chi connectivity index (χ2n) is 9.85. The number of benzene rings is 2. The number of hydrogen-bond acceptors (Lipinski definition) is 4. The zero-order valence-electron chi connectivity index (χ0n) is 19.6. The molecule has 2 N–H and O–H groups in total. The van der Waals surface area contributed by atoms with Crippen LogP contribution in [0, 0.1) is 11.8 Å². The summed E-state index contributed by atoms with van der Waals surface area (Å²) in [5, 5.41) is 10.8. The lowest BCUT2D eigenvalue weighted by Crippen LogP contribution is -2.39. The van der Waals surface area contributed by atoms with Crippen LogP contribution in [0.25, 0.3) is 11.3 Å². The molecule has 0 unspecified atom stereocenters. The molecule has 2 atom stereocenters. The highest BCUT2D eigenvalue weighted by Gasteiger charge is 2.28. The molecule has 5 nitrogen and oxygen atoms in total. The van der Waals surface area contributed by atoms with Gasteiger partial charge in [-0.05, 0) is 60.9 Å². The van der Waals surface area contributed by atoms with E-state index in [1.54, 1.807) is 0 Å². The summed E-state index contributed by atoms with van der Waals surface area (Å²) in [5.41, 5.74) is 4.26. The summed E-state index contributed by atoms with van der Waals surface area (Å²) in [5.74, 6) is 1.55. The monoisotopic (exact) mass is 467 g/mol. The number of para-hydroxylation sites is 1. The van der Waals surface area contributed by atoms with Crippen LogP contribution >= 0.6 is 12.4 Å². The Morgan fingerprint density at radius 1 is 1.09 bits per heavy atom. The minimum Gasteiger partial charge on any atom is -0.356 e. The number of rotatable bonds is 6. The smallest absolute Gasteiger partial charge is 0.224 e.